The van der Waals surface area contributed by atoms with Gasteiger partial charge in [-0.05, 0) is 6.42 Å². The first-order valence-corrected chi connectivity index (χ1v) is 5.94. The second kappa shape index (κ2) is 7.34. The number of methoxy groups -OCH3 is 1. The molecule has 6 nitrogen and oxygen atoms in total. The average molecular weight is 227 g/mol. The van der Waals surface area contributed by atoms with Crippen LogP contribution in [0.15, 0.2) is 0 Å². The minimum Gasteiger partial charge on any atom is -0.756 e. The van der Waals surface area contributed by atoms with Gasteiger partial charge in [0.25, 0.3) is 7.82 Å². The van der Waals surface area contributed by atoms with E-state index in [-0.39, 0.29) is 19.4 Å². The highest BCUT2D eigenvalue weighted by atomic mass is 31.2. The Bertz CT molecular complexity index is 189. The lowest BCUT2D eigenvalue weighted by Crippen LogP contribution is -2.51. The molecule has 0 saturated heterocycles. The van der Waals surface area contributed by atoms with Crippen molar-refractivity contribution in [1.82, 2.24) is 0 Å². The van der Waals surface area contributed by atoms with Crippen LogP contribution in [0.3, 0.4) is 0 Å². The zero-order valence-electron chi connectivity index (χ0n) is 8.60. The average Bonchev–Trinajstić information content (AvgIpc) is 2.12. The Morgan fingerprint density at radius 2 is 2.14 bits per heavy atom. The van der Waals surface area contributed by atoms with E-state index < -0.39 is 7.82 Å². The van der Waals surface area contributed by atoms with Gasteiger partial charge in [0, 0.05) is 7.11 Å². The summed E-state index contributed by atoms with van der Waals surface area (Å²) in [5, 5.41) is 0. The fourth-order valence-corrected chi connectivity index (χ4v) is 1.56. The number of rotatable bonds is 8. The maximum Gasteiger partial charge on any atom is 0.272 e. The summed E-state index contributed by atoms with van der Waals surface area (Å²) in [7, 11) is -2.66. The van der Waals surface area contributed by atoms with E-state index in [0.29, 0.717) is 0 Å². The first kappa shape index (κ1) is 14.0. The molecule has 0 radical (unpaired) electrons. The van der Waals surface area contributed by atoms with Gasteiger partial charge in [0.2, 0.25) is 0 Å². The molecule has 7 heteroatoms. The van der Waals surface area contributed by atoms with Crippen molar-refractivity contribution in [1.29, 1.82) is 0 Å². The van der Waals surface area contributed by atoms with E-state index in [1.165, 1.54) is 7.11 Å². The van der Waals surface area contributed by atoms with Gasteiger partial charge in [0.05, 0.1) is 12.7 Å². The van der Waals surface area contributed by atoms with Crippen molar-refractivity contribution in [2.45, 2.75) is 25.9 Å². The summed E-state index contributed by atoms with van der Waals surface area (Å²) in [5.74, 6) is 0. The van der Waals surface area contributed by atoms with Gasteiger partial charge < -0.3 is 19.9 Å². The molecule has 0 fully saturated rings. The molecular formula is C7H18NO5P. The predicted octanol–water partition coefficient (Wildman–Crippen LogP) is -0.497. The number of quaternary nitrogens is 1. The van der Waals surface area contributed by atoms with E-state index in [9.17, 15) is 9.46 Å². The van der Waals surface area contributed by atoms with Gasteiger partial charge in [-0.3, -0.25) is 9.09 Å². The molecule has 0 aromatic rings. The summed E-state index contributed by atoms with van der Waals surface area (Å²) >= 11 is 0. The first-order chi connectivity index (χ1) is 6.55. The second-order valence-corrected chi connectivity index (χ2v) is 4.13. The number of hydrogen-bond acceptors (Lipinski definition) is 5. The molecule has 0 aliphatic rings. The smallest absolute Gasteiger partial charge is 0.272 e. The van der Waals surface area contributed by atoms with Gasteiger partial charge in [0.1, 0.15) is 0 Å². The normalized spacial score (nSPS) is 17.7. The van der Waals surface area contributed by atoms with Crippen molar-refractivity contribution >= 4 is 7.82 Å². The summed E-state index contributed by atoms with van der Waals surface area (Å²) in [4.78, 5) is 10.9. The van der Waals surface area contributed by atoms with Crippen LogP contribution in [0.4, 0.5) is 0 Å². The van der Waals surface area contributed by atoms with Gasteiger partial charge in [-0.1, -0.05) is 13.3 Å². The van der Waals surface area contributed by atoms with Gasteiger partial charge in [0.15, 0.2) is 6.73 Å². The van der Waals surface area contributed by atoms with Crippen molar-refractivity contribution in [2.24, 2.45) is 0 Å². The minimum atomic E-state index is -4.18. The molecule has 0 spiro atoms. The van der Waals surface area contributed by atoms with Crippen molar-refractivity contribution < 1.29 is 29.0 Å². The highest BCUT2D eigenvalue weighted by Gasteiger charge is 2.13. The van der Waals surface area contributed by atoms with Crippen LogP contribution in [0.1, 0.15) is 19.8 Å². The molecule has 86 valence electrons. The van der Waals surface area contributed by atoms with Crippen LogP contribution in [0.25, 0.3) is 0 Å². The molecule has 0 rings (SSSR count). The van der Waals surface area contributed by atoms with Crippen LogP contribution in [-0.4, -0.2) is 26.6 Å². The zero-order valence-corrected chi connectivity index (χ0v) is 9.50. The molecular weight excluding hydrogens is 209 g/mol. The summed E-state index contributed by atoms with van der Waals surface area (Å²) in [6.07, 6.45) is 1.44. The molecule has 0 aliphatic carbocycles. The number of phosphoric ester groups is 1. The number of hydrogen-bond donors (Lipinski definition) is 1. The third-order valence-corrected chi connectivity index (χ3v) is 2.58. The maximum absolute atomic E-state index is 10.9. The fourth-order valence-electron chi connectivity index (χ4n) is 0.915. The van der Waals surface area contributed by atoms with E-state index in [2.05, 4.69) is 14.8 Å². The quantitative estimate of drug-likeness (QED) is 0.445. The second-order valence-electron chi connectivity index (χ2n) is 2.72. The van der Waals surface area contributed by atoms with Gasteiger partial charge in [-0.2, -0.15) is 0 Å². The van der Waals surface area contributed by atoms with E-state index in [4.69, 9.17) is 4.74 Å². The van der Waals surface area contributed by atoms with Crippen LogP contribution in [0.5, 0.6) is 0 Å². The Morgan fingerprint density at radius 1 is 1.50 bits per heavy atom. The van der Waals surface area contributed by atoms with Crippen LogP contribution in [-0.2, 0) is 18.3 Å². The largest absolute Gasteiger partial charge is 0.756 e. The van der Waals surface area contributed by atoms with Gasteiger partial charge >= 0.3 is 0 Å². The van der Waals surface area contributed by atoms with Crippen molar-refractivity contribution in [3.05, 3.63) is 0 Å². The molecule has 3 N–H and O–H groups in total. The molecule has 0 saturated carbocycles. The Hall–Kier alpha value is 0.0300. The third-order valence-electron chi connectivity index (χ3n) is 1.61. The molecule has 14 heavy (non-hydrogen) atoms. The van der Waals surface area contributed by atoms with Crippen LogP contribution < -0.4 is 10.6 Å². The van der Waals surface area contributed by atoms with E-state index in [1.807, 2.05) is 6.92 Å². The Balaban J connectivity index is 3.83. The molecule has 0 aliphatic heterocycles. The van der Waals surface area contributed by atoms with Gasteiger partial charge in [-0.25, -0.2) is 0 Å². The molecule has 0 amide bonds. The molecule has 0 heterocycles. The number of phosphoric acid groups is 1. The lowest BCUT2D eigenvalue weighted by Gasteiger charge is -2.23. The highest BCUT2D eigenvalue weighted by Crippen LogP contribution is 2.37. The van der Waals surface area contributed by atoms with Crippen molar-refractivity contribution in [3.8, 4) is 0 Å². The Kier molecular flexibility index (Phi) is 7.35. The standard InChI is InChI=1S/C7H18NO5P/c1-3-4-7(11-2)5-12-14(9,10)13-6-8/h7H,3-6,8H2,1-2H3,(H,9,10). The lowest BCUT2D eigenvalue weighted by molar-refractivity contribution is -0.422. The van der Waals surface area contributed by atoms with Crippen LogP contribution >= 0.6 is 7.82 Å². The van der Waals surface area contributed by atoms with E-state index in [1.54, 1.807) is 0 Å². The molecule has 0 bridgehead atoms. The number of ether oxygens (including phenoxy) is 1. The van der Waals surface area contributed by atoms with Gasteiger partial charge in [-0.15, -0.1) is 0 Å². The van der Waals surface area contributed by atoms with Crippen LogP contribution in [0, 0.1) is 0 Å². The van der Waals surface area contributed by atoms with E-state index in [0.717, 1.165) is 12.8 Å². The summed E-state index contributed by atoms with van der Waals surface area (Å²) in [6.45, 7) is 1.81. The summed E-state index contributed by atoms with van der Waals surface area (Å²) in [6, 6.07) is 0. The van der Waals surface area contributed by atoms with Crippen molar-refractivity contribution in [2.75, 3.05) is 20.4 Å². The van der Waals surface area contributed by atoms with Crippen LogP contribution in [0.2, 0.25) is 0 Å². The zero-order chi connectivity index (χ0) is 11.0. The third kappa shape index (κ3) is 6.48. The van der Waals surface area contributed by atoms with E-state index >= 15 is 0 Å². The lowest BCUT2D eigenvalue weighted by atomic mass is 10.2. The predicted molar refractivity (Wildman–Crippen MR) is 48.1 cm³/mol. The molecule has 2 unspecified atom stereocenters. The van der Waals surface area contributed by atoms with Crippen molar-refractivity contribution in [3.63, 3.8) is 0 Å². The SMILES string of the molecule is CCCC(COP(=O)([O-])OC[NH3+])OC. The molecule has 2 atom stereocenters. The molecule has 0 aromatic carbocycles. The topological polar surface area (TPSA) is 95.5 Å². The first-order valence-electron chi connectivity index (χ1n) is 4.48. The monoisotopic (exact) mass is 227 g/mol. The summed E-state index contributed by atoms with van der Waals surface area (Å²) in [5.41, 5.74) is 3.25. The highest BCUT2D eigenvalue weighted by molar-refractivity contribution is 7.45. The minimum absolute atomic E-state index is 0.00881. The summed E-state index contributed by atoms with van der Waals surface area (Å²) < 4.78 is 24.9. The molecule has 0 aromatic heterocycles. The Morgan fingerprint density at radius 3 is 2.57 bits per heavy atom. The Labute approximate surface area is 84.0 Å². The fraction of sp³-hybridized carbons (Fsp3) is 1.00. The maximum atomic E-state index is 10.9.